The van der Waals surface area contributed by atoms with Gasteiger partial charge in [0.15, 0.2) is 0 Å². The summed E-state index contributed by atoms with van der Waals surface area (Å²) in [4.78, 5) is 12.1. The van der Waals surface area contributed by atoms with Crippen molar-refractivity contribution in [1.29, 1.82) is 0 Å². The first-order chi connectivity index (χ1) is 11.8. The largest absolute Gasteiger partial charge is 0.481 e. The third-order valence-electron chi connectivity index (χ3n) is 5.31. The van der Waals surface area contributed by atoms with E-state index in [1.165, 1.54) is 0 Å². The minimum Gasteiger partial charge on any atom is -0.481 e. The Balaban J connectivity index is 1.81. The molecule has 1 aromatic heterocycles. The number of rotatable bonds is 6. The number of carboxylic acids is 1. The van der Waals surface area contributed by atoms with Gasteiger partial charge in [-0.15, -0.1) is 0 Å². The molecule has 4 heteroatoms. The van der Waals surface area contributed by atoms with Crippen molar-refractivity contribution in [3.63, 3.8) is 0 Å². The fourth-order valence-electron chi connectivity index (χ4n) is 3.79. The maximum Gasteiger partial charge on any atom is 0.311 e. The van der Waals surface area contributed by atoms with Gasteiger partial charge in [-0.25, -0.2) is 0 Å². The van der Waals surface area contributed by atoms with Gasteiger partial charge in [-0.1, -0.05) is 43.7 Å². The summed E-state index contributed by atoms with van der Waals surface area (Å²) < 4.78 is 11.4. The predicted molar refractivity (Wildman–Crippen MR) is 95.7 cm³/mol. The van der Waals surface area contributed by atoms with Crippen LogP contribution in [0.5, 0.6) is 11.7 Å². The molecule has 1 aromatic carbocycles. The van der Waals surface area contributed by atoms with Crippen molar-refractivity contribution in [3.8, 4) is 11.7 Å². The molecule has 0 spiro atoms. The van der Waals surface area contributed by atoms with Gasteiger partial charge in [0.1, 0.15) is 11.5 Å². The molecule has 3 rings (SSSR count). The number of hydrogen-bond donors (Lipinski definition) is 1. The highest BCUT2D eigenvalue weighted by Crippen LogP contribution is 2.71. The normalized spacial score (nSPS) is 23.8. The molecule has 1 fully saturated rings. The highest BCUT2D eigenvalue weighted by Gasteiger charge is 2.74. The van der Waals surface area contributed by atoms with E-state index >= 15 is 0 Å². The van der Waals surface area contributed by atoms with Crippen molar-refractivity contribution in [3.05, 3.63) is 59.9 Å². The number of carbonyl (C=O) groups is 1. The monoisotopic (exact) mass is 340 g/mol. The first-order valence-corrected chi connectivity index (χ1v) is 8.47. The van der Waals surface area contributed by atoms with Gasteiger partial charge in [0.05, 0.1) is 5.41 Å². The lowest BCUT2D eigenvalue weighted by atomic mass is 9.91. The van der Waals surface area contributed by atoms with E-state index in [1.54, 1.807) is 12.1 Å². The Kier molecular flexibility index (Phi) is 4.23. The number of hydrogen-bond acceptors (Lipinski definition) is 3. The van der Waals surface area contributed by atoms with Gasteiger partial charge in [-0.2, -0.15) is 0 Å². The van der Waals surface area contributed by atoms with Gasteiger partial charge in [0, 0.05) is 18.4 Å². The van der Waals surface area contributed by atoms with E-state index in [-0.39, 0.29) is 11.3 Å². The van der Waals surface area contributed by atoms with Crippen LogP contribution >= 0.6 is 0 Å². The highest BCUT2D eigenvalue weighted by molar-refractivity contribution is 5.82. The molecule has 2 aromatic rings. The molecular formula is C21H24O4. The first-order valence-electron chi connectivity index (χ1n) is 8.47. The Labute approximate surface area is 148 Å². The van der Waals surface area contributed by atoms with Crippen LogP contribution in [0.15, 0.2) is 58.5 Å². The van der Waals surface area contributed by atoms with Crippen molar-refractivity contribution in [1.82, 2.24) is 0 Å². The molecule has 0 amide bonds. The maximum absolute atomic E-state index is 12.1. The van der Waals surface area contributed by atoms with Crippen molar-refractivity contribution in [2.24, 2.45) is 16.7 Å². The predicted octanol–water partition coefficient (Wildman–Crippen LogP) is 5.31. The topological polar surface area (TPSA) is 59.7 Å². The van der Waals surface area contributed by atoms with E-state index in [0.29, 0.717) is 23.9 Å². The molecule has 1 aliphatic carbocycles. The number of para-hydroxylation sites is 1. The van der Waals surface area contributed by atoms with E-state index in [1.807, 2.05) is 58.0 Å². The summed E-state index contributed by atoms with van der Waals surface area (Å²) in [6.07, 6.45) is 2.42. The summed E-state index contributed by atoms with van der Waals surface area (Å²) in [7, 11) is 0. The van der Waals surface area contributed by atoms with Gasteiger partial charge < -0.3 is 14.3 Å². The summed E-state index contributed by atoms with van der Waals surface area (Å²) in [5.74, 6) is 0.906. The van der Waals surface area contributed by atoms with Crippen LogP contribution in [0.2, 0.25) is 0 Å². The zero-order valence-corrected chi connectivity index (χ0v) is 15.1. The second-order valence-corrected chi connectivity index (χ2v) is 7.53. The standard InChI is InChI=1S/C21H24O4/c1-14(2)12-17-20(3,4)21(17,19(22)23)13-16-10-11-18(25-16)24-15-8-6-5-7-9-15/h5-12,17H,13H2,1-4H3,(H,22,23)/t17-,21+/m0/s1. The second kappa shape index (κ2) is 6.10. The van der Waals surface area contributed by atoms with Gasteiger partial charge in [-0.05, 0) is 37.5 Å². The zero-order valence-electron chi connectivity index (χ0n) is 15.1. The van der Waals surface area contributed by atoms with Crippen molar-refractivity contribution < 1.29 is 19.1 Å². The van der Waals surface area contributed by atoms with E-state index in [2.05, 4.69) is 6.08 Å². The van der Waals surface area contributed by atoms with E-state index < -0.39 is 11.4 Å². The van der Waals surface area contributed by atoms with Crippen LogP contribution in [0.25, 0.3) is 0 Å². The molecule has 132 valence electrons. The summed E-state index contributed by atoms with van der Waals surface area (Å²) in [5, 5.41) is 9.92. The van der Waals surface area contributed by atoms with Crippen molar-refractivity contribution in [2.75, 3.05) is 0 Å². The summed E-state index contributed by atoms with van der Waals surface area (Å²) >= 11 is 0. The van der Waals surface area contributed by atoms with Crippen LogP contribution in [0.4, 0.5) is 0 Å². The maximum atomic E-state index is 12.1. The minimum atomic E-state index is -0.841. The quantitative estimate of drug-likeness (QED) is 0.724. The van der Waals surface area contributed by atoms with Crippen molar-refractivity contribution >= 4 is 5.97 Å². The Morgan fingerprint density at radius 1 is 1.20 bits per heavy atom. The fourth-order valence-corrected chi connectivity index (χ4v) is 3.79. The molecule has 25 heavy (non-hydrogen) atoms. The lowest BCUT2D eigenvalue weighted by Gasteiger charge is -2.13. The van der Waals surface area contributed by atoms with E-state index in [4.69, 9.17) is 9.15 Å². The number of benzene rings is 1. The number of carboxylic acid groups (broad SMARTS) is 1. The van der Waals surface area contributed by atoms with Crippen LogP contribution in [-0.4, -0.2) is 11.1 Å². The highest BCUT2D eigenvalue weighted by atomic mass is 16.6. The molecule has 0 saturated heterocycles. The number of allylic oxidation sites excluding steroid dienone is 2. The molecule has 0 radical (unpaired) electrons. The number of ether oxygens (including phenoxy) is 1. The smallest absolute Gasteiger partial charge is 0.311 e. The number of aliphatic carboxylic acids is 1. The van der Waals surface area contributed by atoms with Crippen LogP contribution in [0, 0.1) is 16.7 Å². The van der Waals surface area contributed by atoms with E-state index in [9.17, 15) is 9.90 Å². The molecule has 1 N–H and O–H groups in total. The van der Waals surface area contributed by atoms with Crippen LogP contribution in [0.3, 0.4) is 0 Å². The Morgan fingerprint density at radius 2 is 1.88 bits per heavy atom. The molecule has 0 unspecified atom stereocenters. The lowest BCUT2D eigenvalue weighted by Crippen LogP contribution is -2.24. The molecular weight excluding hydrogens is 316 g/mol. The number of furan rings is 1. The van der Waals surface area contributed by atoms with Gasteiger partial charge in [0.25, 0.3) is 5.95 Å². The second-order valence-electron chi connectivity index (χ2n) is 7.53. The SMILES string of the molecule is CC(C)=C[C@H]1C(C)(C)[C@@]1(Cc1ccc(Oc2ccccc2)o1)C(=O)O. The van der Waals surface area contributed by atoms with Gasteiger partial charge >= 0.3 is 5.97 Å². The van der Waals surface area contributed by atoms with E-state index in [0.717, 1.165) is 5.57 Å². The average Bonchev–Trinajstić information content (AvgIpc) is 2.85. The molecule has 0 aliphatic heterocycles. The molecule has 1 heterocycles. The minimum absolute atomic E-state index is 0.00825. The van der Waals surface area contributed by atoms with Gasteiger partial charge in [0.2, 0.25) is 0 Å². The van der Waals surface area contributed by atoms with Crippen molar-refractivity contribution in [2.45, 2.75) is 34.1 Å². The summed E-state index contributed by atoms with van der Waals surface area (Å²) in [6, 6.07) is 12.9. The molecule has 0 bridgehead atoms. The van der Waals surface area contributed by atoms with Gasteiger partial charge in [-0.3, -0.25) is 4.79 Å². The summed E-state index contributed by atoms with van der Waals surface area (Å²) in [5.41, 5.74) is -0.0242. The first kappa shape index (κ1) is 17.3. The Bertz CT molecular complexity index is 796. The Hall–Kier alpha value is -2.49. The van der Waals surface area contributed by atoms with Crippen LogP contribution < -0.4 is 4.74 Å². The summed E-state index contributed by atoms with van der Waals surface area (Å²) in [6.45, 7) is 8.02. The molecule has 2 atom stereocenters. The molecule has 4 nitrogen and oxygen atoms in total. The lowest BCUT2D eigenvalue weighted by molar-refractivity contribution is -0.145. The Morgan fingerprint density at radius 3 is 2.48 bits per heavy atom. The fraction of sp³-hybridized carbons (Fsp3) is 0.381. The van der Waals surface area contributed by atoms with Crippen LogP contribution in [-0.2, 0) is 11.2 Å². The molecule has 1 saturated carbocycles. The van der Waals surface area contributed by atoms with Crippen LogP contribution in [0.1, 0.15) is 33.5 Å². The third kappa shape index (κ3) is 2.97. The molecule has 1 aliphatic rings. The zero-order chi connectivity index (χ0) is 18.2. The average molecular weight is 340 g/mol. The third-order valence-corrected chi connectivity index (χ3v) is 5.31.